The summed E-state index contributed by atoms with van der Waals surface area (Å²) in [7, 11) is 1.56. The molecular weight excluding hydrogens is 382 g/mol. The number of ether oxygens (including phenoxy) is 1. The van der Waals surface area contributed by atoms with Gasteiger partial charge in [-0.05, 0) is 23.3 Å². The van der Waals surface area contributed by atoms with E-state index < -0.39 is 0 Å². The van der Waals surface area contributed by atoms with Crippen molar-refractivity contribution in [3.8, 4) is 28.1 Å². The van der Waals surface area contributed by atoms with Gasteiger partial charge in [-0.1, -0.05) is 66.7 Å². The van der Waals surface area contributed by atoms with E-state index in [1.165, 1.54) is 16.9 Å². The van der Waals surface area contributed by atoms with Crippen LogP contribution in [0.2, 0.25) is 0 Å². The second-order valence-corrected chi connectivity index (χ2v) is 7.12. The first kappa shape index (κ1) is 18.7. The van der Waals surface area contributed by atoms with E-state index in [1.54, 1.807) is 19.2 Å². The number of carbonyl (C=O) groups excluding carboxylic acids is 1. The SMILES string of the molecule is COc1ccccc1NC(=O)Nc1nc(-c2ccc(-c3ccccc3)cc2)cs1. The number of amides is 2. The molecule has 0 aliphatic heterocycles. The van der Waals surface area contributed by atoms with E-state index >= 15 is 0 Å². The van der Waals surface area contributed by atoms with Gasteiger partial charge in [0, 0.05) is 10.9 Å². The van der Waals surface area contributed by atoms with Crippen molar-refractivity contribution in [3.63, 3.8) is 0 Å². The summed E-state index contributed by atoms with van der Waals surface area (Å²) in [6, 6.07) is 25.3. The average molecular weight is 401 g/mol. The van der Waals surface area contributed by atoms with Crippen LogP contribution in [0.25, 0.3) is 22.4 Å². The van der Waals surface area contributed by atoms with Crippen LogP contribution in [0.5, 0.6) is 5.75 Å². The summed E-state index contributed by atoms with van der Waals surface area (Å²) in [6.07, 6.45) is 0. The number of hydrogen-bond donors (Lipinski definition) is 2. The van der Waals surface area contributed by atoms with E-state index in [-0.39, 0.29) is 6.03 Å². The Bertz CT molecular complexity index is 1110. The molecule has 6 heteroatoms. The van der Waals surface area contributed by atoms with Gasteiger partial charge in [0.25, 0.3) is 0 Å². The van der Waals surface area contributed by atoms with Crippen LogP contribution < -0.4 is 15.4 Å². The molecule has 29 heavy (non-hydrogen) atoms. The highest BCUT2D eigenvalue weighted by Gasteiger charge is 2.10. The van der Waals surface area contributed by atoms with Crippen molar-refractivity contribution in [2.45, 2.75) is 0 Å². The number of hydrogen-bond acceptors (Lipinski definition) is 4. The number of para-hydroxylation sites is 2. The predicted octanol–water partition coefficient (Wildman–Crippen LogP) is 6.13. The second-order valence-electron chi connectivity index (χ2n) is 6.26. The molecule has 4 rings (SSSR count). The first-order chi connectivity index (χ1) is 14.2. The van der Waals surface area contributed by atoms with Gasteiger partial charge >= 0.3 is 6.03 Å². The molecule has 1 heterocycles. The van der Waals surface area contributed by atoms with Crippen LogP contribution in [0.1, 0.15) is 0 Å². The Morgan fingerprint density at radius 1 is 0.828 bits per heavy atom. The summed E-state index contributed by atoms with van der Waals surface area (Å²) in [5.74, 6) is 0.598. The molecule has 0 radical (unpaired) electrons. The third kappa shape index (κ3) is 4.44. The quantitative estimate of drug-likeness (QED) is 0.423. The molecule has 5 nitrogen and oxygen atoms in total. The lowest BCUT2D eigenvalue weighted by Gasteiger charge is -2.09. The zero-order valence-electron chi connectivity index (χ0n) is 15.8. The maximum Gasteiger partial charge on any atom is 0.325 e. The third-order valence-electron chi connectivity index (χ3n) is 4.37. The third-order valence-corrected chi connectivity index (χ3v) is 5.13. The van der Waals surface area contributed by atoms with Crippen molar-refractivity contribution in [3.05, 3.63) is 84.2 Å². The van der Waals surface area contributed by atoms with Crippen molar-refractivity contribution in [2.24, 2.45) is 0 Å². The summed E-state index contributed by atoms with van der Waals surface area (Å²) in [4.78, 5) is 16.8. The zero-order valence-corrected chi connectivity index (χ0v) is 16.6. The number of benzene rings is 3. The minimum absolute atomic E-state index is 0.366. The molecule has 0 unspecified atom stereocenters. The first-order valence-corrected chi connectivity index (χ1v) is 9.93. The van der Waals surface area contributed by atoms with Gasteiger partial charge in [-0.15, -0.1) is 11.3 Å². The van der Waals surface area contributed by atoms with Crippen molar-refractivity contribution in [1.29, 1.82) is 0 Å². The standard InChI is InChI=1S/C23H19N3O2S/c1-28-21-10-6-5-9-19(21)24-22(27)26-23-25-20(15-29-23)18-13-11-17(12-14-18)16-7-3-2-4-8-16/h2-15H,1H3,(H2,24,25,26,27). The Hall–Kier alpha value is -3.64. The van der Waals surface area contributed by atoms with Gasteiger partial charge in [-0.3, -0.25) is 5.32 Å². The fraction of sp³-hybridized carbons (Fsp3) is 0.0435. The predicted molar refractivity (Wildman–Crippen MR) is 119 cm³/mol. The maximum atomic E-state index is 12.3. The van der Waals surface area contributed by atoms with Crippen LogP contribution >= 0.6 is 11.3 Å². The molecule has 0 saturated carbocycles. The number of thiazole rings is 1. The van der Waals surface area contributed by atoms with Crippen molar-refractivity contribution in [2.75, 3.05) is 17.7 Å². The smallest absolute Gasteiger partial charge is 0.325 e. The number of nitrogens with zero attached hydrogens (tertiary/aromatic N) is 1. The molecule has 0 saturated heterocycles. The minimum Gasteiger partial charge on any atom is -0.495 e. The topological polar surface area (TPSA) is 63.2 Å². The Morgan fingerprint density at radius 2 is 1.48 bits per heavy atom. The summed E-state index contributed by atoms with van der Waals surface area (Å²) in [5.41, 5.74) is 4.74. The molecule has 144 valence electrons. The normalized spacial score (nSPS) is 10.4. The van der Waals surface area contributed by atoms with Crippen LogP contribution in [0.15, 0.2) is 84.2 Å². The van der Waals surface area contributed by atoms with E-state index in [4.69, 9.17) is 4.74 Å². The summed E-state index contributed by atoms with van der Waals surface area (Å²) < 4.78 is 5.24. The van der Waals surface area contributed by atoms with Crippen LogP contribution in [0.3, 0.4) is 0 Å². The molecule has 0 atom stereocenters. The number of anilines is 2. The van der Waals surface area contributed by atoms with Gasteiger partial charge in [-0.25, -0.2) is 9.78 Å². The second kappa shape index (κ2) is 8.58. The number of aromatic nitrogens is 1. The van der Waals surface area contributed by atoms with Gasteiger partial charge in [0.15, 0.2) is 5.13 Å². The fourth-order valence-electron chi connectivity index (χ4n) is 2.93. The average Bonchev–Trinajstić information content (AvgIpc) is 3.23. The monoisotopic (exact) mass is 401 g/mol. The number of rotatable bonds is 5. The van der Waals surface area contributed by atoms with Gasteiger partial charge in [-0.2, -0.15) is 0 Å². The molecule has 0 aliphatic rings. The fourth-order valence-corrected chi connectivity index (χ4v) is 3.64. The number of carbonyl (C=O) groups is 1. The van der Waals surface area contributed by atoms with Crippen molar-refractivity contribution < 1.29 is 9.53 Å². The van der Waals surface area contributed by atoms with Crippen LogP contribution in [-0.2, 0) is 0 Å². The Kier molecular flexibility index (Phi) is 5.54. The molecule has 1 aromatic heterocycles. The number of urea groups is 1. The first-order valence-electron chi connectivity index (χ1n) is 9.05. The van der Waals surface area contributed by atoms with Gasteiger partial charge < -0.3 is 10.1 Å². The highest BCUT2D eigenvalue weighted by atomic mass is 32.1. The molecule has 0 spiro atoms. The Labute approximate surface area is 173 Å². The molecular formula is C23H19N3O2S. The van der Waals surface area contributed by atoms with Crippen LogP contribution in [0, 0.1) is 0 Å². The van der Waals surface area contributed by atoms with Crippen LogP contribution in [0.4, 0.5) is 15.6 Å². The summed E-state index contributed by atoms with van der Waals surface area (Å²) in [5, 5.41) is 8.00. The van der Waals surface area contributed by atoms with Crippen molar-refractivity contribution in [1.82, 2.24) is 4.98 Å². The van der Waals surface area contributed by atoms with E-state index in [1.807, 2.05) is 47.8 Å². The van der Waals surface area contributed by atoms with E-state index in [2.05, 4.69) is 39.9 Å². The zero-order chi connectivity index (χ0) is 20.1. The Balaban J connectivity index is 1.43. The van der Waals surface area contributed by atoms with Gasteiger partial charge in [0.05, 0.1) is 18.5 Å². The molecule has 2 amide bonds. The summed E-state index contributed by atoms with van der Waals surface area (Å²) in [6.45, 7) is 0. The molecule has 3 aromatic carbocycles. The lowest BCUT2D eigenvalue weighted by molar-refractivity contribution is 0.262. The van der Waals surface area contributed by atoms with E-state index in [0.29, 0.717) is 16.6 Å². The molecule has 2 N–H and O–H groups in total. The van der Waals surface area contributed by atoms with Gasteiger partial charge in [0.1, 0.15) is 5.75 Å². The number of methoxy groups -OCH3 is 1. The molecule has 0 aliphatic carbocycles. The minimum atomic E-state index is -0.366. The van der Waals surface area contributed by atoms with E-state index in [9.17, 15) is 4.79 Å². The highest BCUT2D eigenvalue weighted by molar-refractivity contribution is 7.14. The lowest BCUT2D eigenvalue weighted by Crippen LogP contribution is -2.19. The number of nitrogens with one attached hydrogen (secondary N) is 2. The molecule has 0 fully saturated rings. The van der Waals surface area contributed by atoms with E-state index in [0.717, 1.165) is 16.8 Å². The summed E-state index contributed by atoms with van der Waals surface area (Å²) >= 11 is 1.38. The molecule has 0 bridgehead atoms. The van der Waals surface area contributed by atoms with Crippen molar-refractivity contribution >= 4 is 28.2 Å². The highest BCUT2D eigenvalue weighted by Crippen LogP contribution is 2.28. The lowest BCUT2D eigenvalue weighted by atomic mass is 10.0. The maximum absolute atomic E-state index is 12.3. The van der Waals surface area contributed by atoms with Crippen LogP contribution in [-0.4, -0.2) is 18.1 Å². The molecule has 4 aromatic rings. The largest absolute Gasteiger partial charge is 0.495 e. The Morgan fingerprint density at radius 3 is 2.24 bits per heavy atom. The van der Waals surface area contributed by atoms with Gasteiger partial charge in [0.2, 0.25) is 0 Å².